The van der Waals surface area contributed by atoms with Crippen molar-refractivity contribution < 1.29 is 14.3 Å². The molecule has 0 unspecified atom stereocenters. The summed E-state index contributed by atoms with van der Waals surface area (Å²) in [7, 11) is 1.55. The fourth-order valence-electron chi connectivity index (χ4n) is 2.49. The van der Waals surface area contributed by atoms with E-state index in [-0.39, 0.29) is 24.8 Å². The number of ether oxygens (including phenoxy) is 1. The normalized spacial score (nSPS) is 13.3. The lowest BCUT2D eigenvalue weighted by molar-refractivity contribution is -0.121. The molecule has 1 aliphatic rings. The summed E-state index contributed by atoms with van der Waals surface area (Å²) < 4.78 is 5.15. The highest BCUT2D eigenvalue weighted by Crippen LogP contribution is 2.33. The second-order valence-electron chi connectivity index (χ2n) is 5.21. The van der Waals surface area contributed by atoms with Crippen molar-refractivity contribution in [2.45, 2.75) is 6.42 Å². The summed E-state index contributed by atoms with van der Waals surface area (Å²) in [6.07, 6.45) is 0.204. The first-order valence-electron chi connectivity index (χ1n) is 7.09. The van der Waals surface area contributed by atoms with Crippen LogP contribution in [0.1, 0.15) is 5.56 Å². The zero-order valence-electron chi connectivity index (χ0n) is 12.5. The minimum absolute atomic E-state index is 0.00571. The second kappa shape index (κ2) is 6.30. The summed E-state index contributed by atoms with van der Waals surface area (Å²) in [5, 5.41) is 3.38. The highest BCUT2D eigenvalue weighted by atomic mass is 35.5. The number of halogens is 1. The molecule has 1 heterocycles. The molecule has 5 nitrogen and oxygen atoms in total. The Morgan fingerprint density at radius 1 is 1.26 bits per heavy atom. The Kier molecular flexibility index (Phi) is 4.21. The van der Waals surface area contributed by atoms with Crippen LogP contribution in [-0.4, -0.2) is 25.5 Å². The van der Waals surface area contributed by atoms with Crippen molar-refractivity contribution in [1.29, 1.82) is 0 Å². The minimum atomic E-state index is -0.227. The van der Waals surface area contributed by atoms with Gasteiger partial charge in [0.15, 0.2) is 0 Å². The first-order chi connectivity index (χ1) is 11.1. The molecule has 1 N–H and O–H groups in total. The van der Waals surface area contributed by atoms with E-state index in [4.69, 9.17) is 16.3 Å². The number of benzene rings is 2. The number of amides is 2. The van der Waals surface area contributed by atoms with Crippen LogP contribution in [0.3, 0.4) is 0 Å². The Bertz CT molecular complexity index is 759. The predicted octanol–water partition coefficient (Wildman–Crippen LogP) is 2.88. The second-order valence-corrected chi connectivity index (χ2v) is 5.65. The van der Waals surface area contributed by atoms with Crippen LogP contribution < -0.4 is 15.0 Å². The van der Waals surface area contributed by atoms with Gasteiger partial charge >= 0.3 is 0 Å². The highest BCUT2D eigenvalue weighted by molar-refractivity contribution is 6.30. The average molecular weight is 331 g/mol. The summed E-state index contributed by atoms with van der Waals surface area (Å²) in [6.45, 7) is 0.00571. The van der Waals surface area contributed by atoms with Gasteiger partial charge < -0.3 is 15.0 Å². The van der Waals surface area contributed by atoms with Gasteiger partial charge in [0.2, 0.25) is 11.8 Å². The number of methoxy groups -OCH3 is 1. The first kappa shape index (κ1) is 15.4. The molecule has 118 valence electrons. The third kappa shape index (κ3) is 3.29. The molecule has 0 saturated heterocycles. The fraction of sp³-hybridized carbons (Fsp3) is 0.176. The predicted molar refractivity (Wildman–Crippen MR) is 89.1 cm³/mol. The van der Waals surface area contributed by atoms with E-state index in [1.165, 1.54) is 4.90 Å². The molecule has 23 heavy (non-hydrogen) atoms. The van der Waals surface area contributed by atoms with Gasteiger partial charge in [-0.3, -0.25) is 9.59 Å². The molecular weight excluding hydrogens is 316 g/mol. The molecule has 0 atom stereocenters. The van der Waals surface area contributed by atoms with Crippen molar-refractivity contribution in [2.24, 2.45) is 0 Å². The van der Waals surface area contributed by atoms with Gasteiger partial charge in [-0.25, -0.2) is 0 Å². The van der Waals surface area contributed by atoms with Crippen LogP contribution in [0.2, 0.25) is 5.02 Å². The van der Waals surface area contributed by atoms with Gasteiger partial charge in [-0.1, -0.05) is 23.7 Å². The number of fused-ring (bicyclic) bond motifs is 1. The number of anilines is 2. The molecule has 2 aromatic carbocycles. The number of hydrogen-bond donors (Lipinski definition) is 1. The molecule has 0 aliphatic carbocycles. The van der Waals surface area contributed by atoms with E-state index < -0.39 is 0 Å². The summed E-state index contributed by atoms with van der Waals surface area (Å²) in [5.74, 6) is 0.250. The van der Waals surface area contributed by atoms with Crippen LogP contribution in [0.4, 0.5) is 11.4 Å². The van der Waals surface area contributed by atoms with E-state index in [0.717, 1.165) is 5.56 Å². The molecule has 6 heteroatoms. The summed E-state index contributed by atoms with van der Waals surface area (Å²) >= 11 is 5.85. The molecule has 3 rings (SSSR count). The van der Waals surface area contributed by atoms with Crippen LogP contribution >= 0.6 is 11.6 Å². The molecule has 0 saturated carbocycles. The van der Waals surface area contributed by atoms with E-state index in [0.29, 0.717) is 22.1 Å². The zero-order valence-corrected chi connectivity index (χ0v) is 13.3. The van der Waals surface area contributed by atoms with Gasteiger partial charge in [0, 0.05) is 11.1 Å². The molecule has 0 bridgehead atoms. The highest BCUT2D eigenvalue weighted by Gasteiger charge is 2.27. The smallest absolute Gasteiger partial charge is 0.244 e. The number of hydrogen-bond acceptors (Lipinski definition) is 3. The third-order valence-corrected chi connectivity index (χ3v) is 3.89. The minimum Gasteiger partial charge on any atom is -0.497 e. The monoisotopic (exact) mass is 330 g/mol. The molecule has 2 aromatic rings. The lowest BCUT2D eigenvalue weighted by atomic mass is 10.1. The first-order valence-corrected chi connectivity index (χ1v) is 7.47. The van der Waals surface area contributed by atoms with Crippen molar-refractivity contribution >= 4 is 34.8 Å². The SMILES string of the molecule is COc1ccc2c(c1)NC(=O)CN2C(=O)Cc1ccc(Cl)cc1. The number of rotatable bonds is 3. The molecule has 0 spiro atoms. The van der Waals surface area contributed by atoms with Gasteiger partial charge in [-0.15, -0.1) is 0 Å². The Morgan fingerprint density at radius 2 is 2.00 bits per heavy atom. The topological polar surface area (TPSA) is 58.6 Å². The summed E-state index contributed by atoms with van der Waals surface area (Å²) in [6, 6.07) is 12.3. The maximum Gasteiger partial charge on any atom is 0.244 e. The summed E-state index contributed by atoms with van der Waals surface area (Å²) in [4.78, 5) is 26.0. The lowest BCUT2D eigenvalue weighted by Crippen LogP contribution is -2.42. The molecule has 0 aromatic heterocycles. The molecule has 1 aliphatic heterocycles. The molecule has 0 fully saturated rings. The van der Waals surface area contributed by atoms with Gasteiger partial charge in [-0.2, -0.15) is 0 Å². The van der Waals surface area contributed by atoms with E-state index >= 15 is 0 Å². The molecular formula is C17H15ClN2O3. The number of carbonyl (C=O) groups is 2. The quantitative estimate of drug-likeness (QED) is 0.941. The van der Waals surface area contributed by atoms with Crippen molar-refractivity contribution in [3.8, 4) is 5.75 Å². The van der Waals surface area contributed by atoms with Crippen molar-refractivity contribution in [3.63, 3.8) is 0 Å². The third-order valence-electron chi connectivity index (χ3n) is 3.64. The van der Waals surface area contributed by atoms with Gasteiger partial charge in [-0.05, 0) is 29.8 Å². The Hall–Kier alpha value is -2.53. The van der Waals surface area contributed by atoms with Crippen LogP contribution in [0.25, 0.3) is 0 Å². The van der Waals surface area contributed by atoms with E-state index in [1.807, 2.05) is 0 Å². The van der Waals surface area contributed by atoms with Crippen LogP contribution in [0, 0.1) is 0 Å². The van der Waals surface area contributed by atoms with Gasteiger partial charge in [0.1, 0.15) is 12.3 Å². The standard InChI is InChI=1S/C17H15ClN2O3/c1-23-13-6-7-15-14(9-13)19-16(21)10-20(15)17(22)8-11-2-4-12(18)5-3-11/h2-7,9H,8,10H2,1H3,(H,19,21). The van der Waals surface area contributed by atoms with Crippen molar-refractivity contribution in [1.82, 2.24) is 0 Å². The average Bonchev–Trinajstić information content (AvgIpc) is 2.55. The van der Waals surface area contributed by atoms with Gasteiger partial charge in [0.25, 0.3) is 0 Å². The maximum absolute atomic E-state index is 12.6. The van der Waals surface area contributed by atoms with E-state index in [1.54, 1.807) is 49.6 Å². The Balaban J connectivity index is 1.86. The summed E-state index contributed by atoms with van der Waals surface area (Å²) in [5.41, 5.74) is 2.09. The molecule has 2 amide bonds. The Morgan fingerprint density at radius 3 is 2.70 bits per heavy atom. The van der Waals surface area contributed by atoms with Crippen LogP contribution in [0.15, 0.2) is 42.5 Å². The maximum atomic E-state index is 12.6. The zero-order chi connectivity index (χ0) is 16.4. The lowest BCUT2D eigenvalue weighted by Gasteiger charge is -2.29. The molecule has 0 radical (unpaired) electrons. The van der Waals surface area contributed by atoms with Crippen LogP contribution in [-0.2, 0) is 16.0 Å². The van der Waals surface area contributed by atoms with E-state index in [9.17, 15) is 9.59 Å². The number of nitrogens with one attached hydrogen (secondary N) is 1. The Labute approximate surface area is 138 Å². The number of carbonyl (C=O) groups excluding carboxylic acids is 2. The number of nitrogens with zero attached hydrogens (tertiary/aromatic N) is 1. The van der Waals surface area contributed by atoms with E-state index in [2.05, 4.69) is 5.32 Å². The fourth-order valence-corrected chi connectivity index (χ4v) is 2.62. The van der Waals surface area contributed by atoms with Crippen molar-refractivity contribution in [2.75, 3.05) is 23.9 Å². The van der Waals surface area contributed by atoms with Crippen molar-refractivity contribution in [3.05, 3.63) is 53.1 Å². The van der Waals surface area contributed by atoms with Crippen LogP contribution in [0.5, 0.6) is 5.75 Å². The largest absolute Gasteiger partial charge is 0.497 e. The van der Waals surface area contributed by atoms with Gasteiger partial charge in [0.05, 0.1) is 24.9 Å².